The van der Waals surface area contributed by atoms with Gasteiger partial charge in [-0.3, -0.25) is 0 Å². The van der Waals surface area contributed by atoms with Gasteiger partial charge in [-0.2, -0.15) is 0 Å². The molecule has 5 heterocycles. The first-order valence-electron chi connectivity index (χ1n) is 16.4. The van der Waals surface area contributed by atoms with E-state index in [1.165, 1.54) is 0 Å². The molecule has 23 atom stereocenters. The molecular formula is C28H48O24. The standard InChI is InChI=1S/C28H48O24/c29-1-8-22(15(36)17(38)24(43)48-8)51-28-21(42)16(37)23(10(50-28)5-47-26-19(40)12(33)7(31)3-45-26)52-27-20(41)14(35)13(34)9(49-27)4-46-25-18(39)11(32)6(30)2-44-25/h6-43H,1-5H2/t6-,7-,8-,9-,10-,11+,12+,13-,14+,15-,16-,17-,18-,19-,20-,21-,22-,23-,24?,25-,26-,27+,28+/m1/s1. The highest BCUT2D eigenvalue weighted by Gasteiger charge is 2.54. The first-order chi connectivity index (χ1) is 24.5. The lowest BCUT2D eigenvalue weighted by Crippen LogP contribution is -2.67. The Balaban J connectivity index is 1.32. The summed E-state index contributed by atoms with van der Waals surface area (Å²) < 4.78 is 49.1. The van der Waals surface area contributed by atoms with Crippen LogP contribution in [-0.2, 0) is 42.6 Å². The molecule has 0 aromatic carbocycles. The topological polar surface area (TPSA) is 387 Å². The predicted octanol–water partition coefficient (Wildman–Crippen LogP) is -10.6. The quantitative estimate of drug-likeness (QED) is 0.0927. The molecule has 0 aromatic heterocycles. The van der Waals surface area contributed by atoms with E-state index in [2.05, 4.69) is 0 Å². The summed E-state index contributed by atoms with van der Waals surface area (Å²) in [5.41, 5.74) is 0. The van der Waals surface area contributed by atoms with Crippen molar-refractivity contribution in [1.29, 1.82) is 0 Å². The summed E-state index contributed by atoms with van der Waals surface area (Å²) in [5.74, 6) is 0. The maximum Gasteiger partial charge on any atom is 0.187 e. The SMILES string of the molecule is OC[C@H]1OC(O)[C@H](O)[C@@H](O)[C@@H]1O[C@@H]1O[C@H](CO[C@H]2OC[C@@H](O)[C@H](O)[C@H]2O)[C@@H](O[C@@H]2O[C@H](CO[C@H]3OC[C@@H](O)[C@H](O)[C@H]3O)[C@@H](O)[C@H](O)[C@H]2O)[C@H](O)[C@H]1O. The Labute approximate surface area is 293 Å². The summed E-state index contributed by atoms with van der Waals surface area (Å²) in [6, 6.07) is 0. The van der Waals surface area contributed by atoms with Gasteiger partial charge in [0.15, 0.2) is 31.5 Å². The molecule has 0 radical (unpaired) electrons. The van der Waals surface area contributed by atoms with E-state index in [1.807, 2.05) is 0 Å². The van der Waals surface area contributed by atoms with E-state index in [4.69, 9.17) is 42.6 Å². The third-order valence-corrected chi connectivity index (χ3v) is 9.49. The Hall–Kier alpha value is -0.960. The second-order valence-electron chi connectivity index (χ2n) is 13.1. The monoisotopic (exact) mass is 768 g/mol. The first kappa shape index (κ1) is 42.2. The van der Waals surface area contributed by atoms with Crippen LogP contribution >= 0.6 is 0 Å². The molecule has 5 fully saturated rings. The Morgan fingerprint density at radius 2 is 0.827 bits per heavy atom. The van der Waals surface area contributed by atoms with Crippen LogP contribution in [0.5, 0.6) is 0 Å². The normalized spacial score (nSPS) is 53.5. The van der Waals surface area contributed by atoms with Gasteiger partial charge in [-0.1, -0.05) is 0 Å². The Bertz CT molecular complexity index is 1110. The number of ether oxygens (including phenoxy) is 9. The minimum atomic E-state index is -2.09. The van der Waals surface area contributed by atoms with Gasteiger partial charge in [0.25, 0.3) is 0 Å². The minimum absolute atomic E-state index is 0.418. The van der Waals surface area contributed by atoms with Crippen molar-refractivity contribution in [3.8, 4) is 0 Å². The van der Waals surface area contributed by atoms with Crippen molar-refractivity contribution in [2.75, 3.05) is 33.0 Å². The van der Waals surface area contributed by atoms with Gasteiger partial charge in [-0.05, 0) is 0 Å². The van der Waals surface area contributed by atoms with Crippen LogP contribution in [0.4, 0.5) is 0 Å². The van der Waals surface area contributed by atoms with Crippen molar-refractivity contribution in [3.63, 3.8) is 0 Å². The maximum absolute atomic E-state index is 11.3. The van der Waals surface area contributed by atoms with E-state index in [-0.39, 0.29) is 0 Å². The summed E-state index contributed by atoms with van der Waals surface area (Å²) in [6.45, 7) is -3.14. The fourth-order valence-electron chi connectivity index (χ4n) is 6.26. The van der Waals surface area contributed by atoms with Crippen LogP contribution in [0.15, 0.2) is 0 Å². The lowest BCUT2D eigenvalue weighted by Gasteiger charge is -2.48. The maximum atomic E-state index is 11.3. The zero-order valence-corrected chi connectivity index (χ0v) is 27.2. The molecule has 0 saturated carbocycles. The van der Waals surface area contributed by atoms with E-state index < -0.39 is 174 Å². The van der Waals surface area contributed by atoms with Crippen LogP contribution in [-0.4, -0.2) is 251 Å². The van der Waals surface area contributed by atoms with Crippen LogP contribution in [0.3, 0.4) is 0 Å². The fourth-order valence-corrected chi connectivity index (χ4v) is 6.26. The summed E-state index contributed by atoms with van der Waals surface area (Å²) in [6.07, 6.45) is -40.6. The van der Waals surface area contributed by atoms with Crippen molar-refractivity contribution in [2.24, 2.45) is 0 Å². The zero-order chi connectivity index (χ0) is 38.2. The molecule has 0 spiro atoms. The van der Waals surface area contributed by atoms with Gasteiger partial charge in [0.05, 0.1) is 33.0 Å². The molecule has 304 valence electrons. The van der Waals surface area contributed by atoms with Crippen LogP contribution in [0.1, 0.15) is 0 Å². The smallest absolute Gasteiger partial charge is 0.187 e. The molecule has 0 aromatic rings. The molecule has 5 aliphatic heterocycles. The van der Waals surface area contributed by atoms with E-state index in [0.717, 1.165) is 0 Å². The van der Waals surface area contributed by atoms with E-state index >= 15 is 0 Å². The largest absolute Gasteiger partial charge is 0.394 e. The molecule has 0 aliphatic carbocycles. The molecule has 0 amide bonds. The van der Waals surface area contributed by atoms with Crippen LogP contribution in [0.2, 0.25) is 0 Å². The zero-order valence-electron chi connectivity index (χ0n) is 27.2. The molecule has 1 unspecified atom stereocenters. The Kier molecular flexibility index (Phi) is 14.5. The van der Waals surface area contributed by atoms with Gasteiger partial charge >= 0.3 is 0 Å². The van der Waals surface area contributed by atoms with Crippen molar-refractivity contribution >= 4 is 0 Å². The molecule has 5 saturated heterocycles. The summed E-state index contributed by atoms with van der Waals surface area (Å²) in [7, 11) is 0. The molecular weight excluding hydrogens is 720 g/mol. The highest BCUT2D eigenvalue weighted by atomic mass is 16.8. The first-order valence-corrected chi connectivity index (χ1v) is 16.4. The fraction of sp³-hybridized carbons (Fsp3) is 1.00. The van der Waals surface area contributed by atoms with Gasteiger partial charge in [-0.15, -0.1) is 0 Å². The van der Waals surface area contributed by atoms with Crippen molar-refractivity contribution in [1.82, 2.24) is 0 Å². The third-order valence-electron chi connectivity index (χ3n) is 9.49. The highest BCUT2D eigenvalue weighted by molar-refractivity contribution is 4.97. The number of hydrogen-bond donors (Lipinski definition) is 15. The highest BCUT2D eigenvalue weighted by Crippen LogP contribution is 2.33. The molecule has 52 heavy (non-hydrogen) atoms. The molecule has 5 rings (SSSR count). The van der Waals surface area contributed by atoms with Crippen molar-refractivity contribution in [3.05, 3.63) is 0 Å². The number of hydrogen-bond acceptors (Lipinski definition) is 24. The number of rotatable bonds is 11. The second kappa shape index (κ2) is 17.9. The lowest BCUT2D eigenvalue weighted by molar-refractivity contribution is -0.383. The predicted molar refractivity (Wildman–Crippen MR) is 155 cm³/mol. The number of aliphatic hydroxyl groups is 15. The molecule has 5 aliphatic rings. The van der Waals surface area contributed by atoms with Gasteiger partial charge in [-0.25, -0.2) is 0 Å². The van der Waals surface area contributed by atoms with Gasteiger partial charge in [0.1, 0.15) is 110 Å². The Morgan fingerprint density at radius 1 is 0.404 bits per heavy atom. The molecule has 24 heteroatoms. The lowest BCUT2D eigenvalue weighted by atomic mass is 9.96. The van der Waals surface area contributed by atoms with Crippen LogP contribution in [0.25, 0.3) is 0 Å². The average molecular weight is 769 g/mol. The van der Waals surface area contributed by atoms with Crippen LogP contribution in [0, 0.1) is 0 Å². The summed E-state index contributed by atoms with van der Waals surface area (Å²) in [4.78, 5) is 0. The molecule has 0 bridgehead atoms. The second-order valence-corrected chi connectivity index (χ2v) is 13.1. The van der Waals surface area contributed by atoms with Crippen LogP contribution < -0.4 is 0 Å². The van der Waals surface area contributed by atoms with E-state index in [9.17, 15) is 76.6 Å². The number of aliphatic hydroxyl groups excluding tert-OH is 15. The summed E-state index contributed by atoms with van der Waals surface area (Å²) in [5, 5.41) is 154. The van der Waals surface area contributed by atoms with Gasteiger partial charge < -0.3 is 119 Å². The van der Waals surface area contributed by atoms with E-state index in [0.29, 0.717) is 0 Å². The van der Waals surface area contributed by atoms with Gasteiger partial charge in [0, 0.05) is 0 Å². The Morgan fingerprint density at radius 3 is 1.35 bits per heavy atom. The third kappa shape index (κ3) is 8.86. The van der Waals surface area contributed by atoms with Crippen molar-refractivity contribution in [2.45, 2.75) is 141 Å². The average Bonchev–Trinajstić information content (AvgIpc) is 3.12. The van der Waals surface area contributed by atoms with Gasteiger partial charge in [0.2, 0.25) is 0 Å². The summed E-state index contributed by atoms with van der Waals surface area (Å²) >= 11 is 0. The van der Waals surface area contributed by atoms with Crippen molar-refractivity contribution < 1.29 is 119 Å². The molecule has 15 N–H and O–H groups in total. The minimum Gasteiger partial charge on any atom is -0.394 e. The molecule has 24 nitrogen and oxygen atoms in total. The van der Waals surface area contributed by atoms with E-state index in [1.54, 1.807) is 0 Å².